The van der Waals surface area contributed by atoms with Crippen molar-refractivity contribution in [2.45, 2.75) is 63.0 Å². The topological polar surface area (TPSA) is 70.1 Å². The number of fused-ring (bicyclic) bond motifs is 1. The van der Waals surface area contributed by atoms with E-state index in [2.05, 4.69) is 11.0 Å². The number of aliphatic hydroxyl groups excluding tert-OH is 1. The van der Waals surface area contributed by atoms with Gasteiger partial charge in [-0.05, 0) is 80.0 Å². The van der Waals surface area contributed by atoms with E-state index in [4.69, 9.17) is 27.9 Å². The highest BCUT2D eigenvalue weighted by atomic mass is 35.5. The first kappa shape index (κ1) is 27.4. The summed E-state index contributed by atoms with van der Waals surface area (Å²) in [4.78, 5) is 29.4. The molecular weight excluding hydrogens is 523 g/mol. The number of carbonyl (C=O) groups excluding carboxylic acids is 2. The van der Waals surface area contributed by atoms with Gasteiger partial charge < -0.3 is 19.6 Å². The van der Waals surface area contributed by atoms with Crippen LogP contribution >= 0.6 is 23.2 Å². The van der Waals surface area contributed by atoms with E-state index in [1.165, 1.54) is 19.8 Å². The van der Waals surface area contributed by atoms with Crippen molar-refractivity contribution in [3.63, 3.8) is 0 Å². The fraction of sp³-hybridized carbons (Fsp3) is 0.533. The minimum Gasteiger partial charge on any atom is -0.427 e. The van der Waals surface area contributed by atoms with E-state index in [1.807, 2.05) is 25.2 Å². The van der Waals surface area contributed by atoms with E-state index in [0.29, 0.717) is 22.2 Å². The summed E-state index contributed by atoms with van der Waals surface area (Å²) in [7, 11) is 1.84. The molecule has 5 rings (SSSR count). The molecule has 2 aromatic rings. The standard InChI is InChI=1S/C30H36Cl2N2O4/c1-19(35)38-24-5-3-4-22(14-24)30-10-11-34(17-20-6-7-20)18-25(30)28(36)15-23(16-30)33(2)29(37)13-21-8-9-26(31)27(32)12-21/h3-5,8-9,12,14,20,23,25,28,36H,6-7,10-11,13,15-18H2,1-2H3. The van der Waals surface area contributed by atoms with Crippen LogP contribution in [0.1, 0.15) is 50.2 Å². The van der Waals surface area contributed by atoms with Crippen LogP contribution in [0.25, 0.3) is 0 Å². The first-order valence-electron chi connectivity index (χ1n) is 13.5. The lowest BCUT2D eigenvalue weighted by atomic mass is 9.56. The average molecular weight is 560 g/mol. The molecule has 3 fully saturated rings. The SMILES string of the molecule is CC(=O)Oc1cccc(C23CCN(CC4CC4)CC2C(O)CC(N(C)C(=O)Cc2ccc(Cl)c(Cl)c2)C3)c1. The number of likely N-dealkylation sites (N-methyl/N-ethyl adjacent to an activating group) is 1. The largest absolute Gasteiger partial charge is 0.427 e. The number of nitrogens with zero attached hydrogens (tertiary/aromatic N) is 2. The Morgan fingerprint density at radius 3 is 2.66 bits per heavy atom. The summed E-state index contributed by atoms with van der Waals surface area (Å²) in [5, 5.41) is 12.5. The summed E-state index contributed by atoms with van der Waals surface area (Å²) in [5.41, 5.74) is 1.56. The molecule has 1 saturated heterocycles. The molecule has 4 unspecified atom stereocenters. The number of aliphatic hydroxyl groups is 1. The molecule has 0 radical (unpaired) electrons. The van der Waals surface area contributed by atoms with Crippen molar-refractivity contribution in [2.75, 3.05) is 26.7 Å². The van der Waals surface area contributed by atoms with Crippen molar-refractivity contribution in [1.82, 2.24) is 9.80 Å². The highest BCUT2D eigenvalue weighted by Crippen LogP contribution is 2.51. The molecule has 0 aromatic heterocycles. The van der Waals surface area contributed by atoms with Gasteiger partial charge in [-0.3, -0.25) is 9.59 Å². The lowest BCUT2D eigenvalue weighted by molar-refractivity contribution is -0.136. The van der Waals surface area contributed by atoms with Gasteiger partial charge in [-0.1, -0.05) is 41.4 Å². The van der Waals surface area contributed by atoms with Crippen LogP contribution in [0.15, 0.2) is 42.5 Å². The van der Waals surface area contributed by atoms with Gasteiger partial charge in [0, 0.05) is 44.4 Å². The average Bonchev–Trinajstić information content (AvgIpc) is 3.70. The Hall–Kier alpha value is -2.12. The molecule has 2 aliphatic carbocycles. The predicted molar refractivity (Wildman–Crippen MR) is 149 cm³/mol. The van der Waals surface area contributed by atoms with Crippen molar-refractivity contribution in [3.8, 4) is 5.75 Å². The van der Waals surface area contributed by atoms with Crippen LogP contribution < -0.4 is 4.74 Å². The Morgan fingerprint density at radius 1 is 1.16 bits per heavy atom. The number of hydrogen-bond donors (Lipinski definition) is 1. The molecule has 0 spiro atoms. The molecule has 3 aliphatic rings. The van der Waals surface area contributed by atoms with Gasteiger partial charge in [-0.15, -0.1) is 0 Å². The van der Waals surface area contributed by atoms with Gasteiger partial charge in [0.2, 0.25) is 5.91 Å². The van der Waals surface area contributed by atoms with Gasteiger partial charge in [-0.2, -0.15) is 0 Å². The maximum absolute atomic E-state index is 13.4. The lowest BCUT2D eigenvalue weighted by Crippen LogP contribution is -2.61. The number of amides is 1. The van der Waals surface area contributed by atoms with Crippen LogP contribution in [-0.4, -0.2) is 65.6 Å². The summed E-state index contributed by atoms with van der Waals surface area (Å²) < 4.78 is 5.43. The van der Waals surface area contributed by atoms with Crippen molar-refractivity contribution >= 4 is 35.1 Å². The molecule has 6 nitrogen and oxygen atoms in total. The van der Waals surface area contributed by atoms with E-state index in [1.54, 1.807) is 23.1 Å². The molecule has 8 heteroatoms. The van der Waals surface area contributed by atoms with Crippen molar-refractivity contribution < 1.29 is 19.4 Å². The maximum atomic E-state index is 13.4. The number of likely N-dealkylation sites (tertiary alicyclic amines) is 1. The molecule has 1 heterocycles. The monoisotopic (exact) mass is 558 g/mol. The smallest absolute Gasteiger partial charge is 0.308 e. The quantitative estimate of drug-likeness (QED) is 0.377. The molecule has 4 atom stereocenters. The number of esters is 1. The number of benzene rings is 2. The first-order valence-corrected chi connectivity index (χ1v) is 14.3. The summed E-state index contributed by atoms with van der Waals surface area (Å²) in [6.07, 6.45) is 4.44. The van der Waals surface area contributed by atoms with Gasteiger partial charge in [0.05, 0.1) is 22.6 Å². The van der Waals surface area contributed by atoms with E-state index in [9.17, 15) is 14.7 Å². The molecule has 1 N–H and O–H groups in total. The summed E-state index contributed by atoms with van der Waals surface area (Å²) in [6, 6.07) is 12.9. The second kappa shape index (κ2) is 11.2. The summed E-state index contributed by atoms with van der Waals surface area (Å²) >= 11 is 12.2. The highest BCUT2D eigenvalue weighted by Gasteiger charge is 2.53. The molecular formula is C30H36Cl2N2O4. The van der Waals surface area contributed by atoms with Crippen LogP contribution in [0.4, 0.5) is 0 Å². The van der Waals surface area contributed by atoms with Gasteiger partial charge in [0.15, 0.2) is 0 Å². The molecule has 1 aliphatic heterocycles. The van der Waals surface area contributed by atoms with Crippen molar-refractivity contribution in [3.05, 3.63) is 63.6 Å². The Kier molecular flexibility index (Phi) is 8.07. The van der Waals surface area contributed by atoms with Crippen LogP contribution in [0, 0.1) is 11.8 Å². The fourth-order valence-electron chi connectivity index (χ4n) is 6.57. The zero-order valence-corrected chi connectivity index (χ0v) is 23.5. The lowest BCUT2D eigenvalue weighted by Gasteiger charge is -2.56. The minimum atomic E-state index is -0.548. The molecule has 2 saturated carbocycles. The van der Waals surface area contributed by atoms with Gasteiger partial charge in [0.1, 0.15) is 5.75 Å². The Balaban J connectivity index is 1.41. The fourth-order valence-corrected chi connectivity index (χ4v) is 6.89. The third-order valence-corrected chi connectivity index (χ3v) is 9.52. The molecule has 0 bridgehead atoms. The van der Waals surface area contributed by atoms with Crippen molar-refractivity contribution in [1.29, 1.82) is 0 Å². The van der Waals surface area contributed by atoms with Crippen LogP contribution in [0.2, 0.25) is 10.0 Å². The zero-order valence-electron chi connectivity index (χ0n) is 22.0. The Labute approximate surface area is 234 Å². The molecule has 1 amide bonds. The van der Waals surface area contributed by atoms with Gasteiger partial charge >= 0.3 is 5.97 Å². The highest BCUT2D eigenvalue weighted by molar-refractivity contribution is 6.42. The second-order valence-corrected chi connectivity index (χ2v) is 12.2. The van der Waals surface area contributed by atoms with Crippen molar-refractivity contribution in [2.24, 2.45) is 11.8 Å². The summed E-state index contributed by atoms with van der Waals surface area (Å²) in [6.45, 7) is 4.28. The summed E-state index contributed by atoms with van der Waals surface area (Å²) in [5.74, 6) is 0.966. The normalized spacial score (nSPS) is 27.4. The second-order valence-electron chi connectivity index (χ2n) is 11.4. The van der Waals surface area contributed by atoms with Crippen LogP contribution in [-0.2, 0) is 21.4 Å². The minimum absolute atomic E-state index is 0.0194. The van der Waals surface area contributed by atoms with Gasteiger partial charge in [-0.25, -0.2) is 0 Å². The van der Waals surface area contributed by atoms with E-state index in [-0.39, 0.29) is 35.7 Å². The number of ether oxygens (including phenoxy) is 1. The number of piperidine rings is 1. The zero-order chi connectivity index (χ0) is 27.0. The molecule has 204 valence electrons. The van der Waals surface area contributed by atoms with Crippen LogP contribution in [0.5, 0.6) is 5.75 Å². The number of halogens is 2. The van der Waals surface area contributed by atoms with E-state index >= 15 is 0 Å². The third kappa shape index (κ3) is 5.89. The maximum Gasteiger partial charge on any atom is 0.308 e. The predicted octanol–water partition coefficient (Wildman–Crippen LogP) is 5.11. The van der Waals surface area contributed by atoms with E-state index < -0.39 is 6.10 Å². The molecule has 2 aromatic carbocycles. The number of carbonyl (C=O) groups is 2. The third-order valence-electron chi connectivity index (χ3n) is 8.78. The Bertz CT molecular complexity index is 1200. The first-order chi connectivity index (χ1) is 18.1. The molecule has 38 heavy (non-hydrogen) atoms. The number of hydrogen-bond acceptors (Lipinski definition) is 5. The van der Waals surface area contributed by atoms with Crippen LogP contribution in [0.3, 0.4) is 0 Å². The Morgan fingerprint density at radius 2 is 1.95 bits per heavy atom. The van der Waals surface area contributed by atoms with Gasteiger partial charge in [0.25, 0.3) is 0 Å². The number of rotatable bonds is 7. The van der Waals surface area contributed by atoms with E-state index in [0.717, 1.165) is 49.5 Å².